The van der Waals surface area contributed by atoms with Crippen molar-refractivity contribution in [1.82, 2.24) is 10.2 Å². The molecule has 0 spiro atoms. The van der Waals surface area contributed by atoms with E-state index in [-0.39, 0.29) is 17.9 Å². The lowest BCUT2D eigenvalue weighted by atomic mass is 9.95. The molecule has 0 heterocycles. The van der Waals surface area contributed by atoms with Crippen LogP contribution in [0.25, 0.3) is 10.8 Å². The van der Waals surface area contributed by atoms with Gasteiger partial charge in [-0.1, -0.05) is 91.5 Å². The number of aryl methyl sites for hydroxylation is 1. The molecule has 0 radical (unpaired) electrons. The average Bonchev–Trinajstić information content (AvgIpc) is 2.87. The Morgan fingerprint density at radius 3 is 2.41 bits per heavy atom. The van der Waals surface area contributed by atoms with Crippen LogP contribution in [-0.4, -0.2) is 28.8 Å². The van der Waals surface area contributed by atoms with E-state index in [0.717, 1.165) is 36.8 Å². The summed E-state index contributed by atoms with van der Waals surface area (Å²) in [6, 6.07) is 21.6. The molecule has 34 heavy (non-hydrogen) atoms. The van der Waals surface area contributed by atoms with Crippen LogP contribution < -0.4 is 5.32 Å². The Balaban J connectivity index is 1.50. The van der Waals surface area contributed by atoms with Crippen molar-refractivity contribution in [2.45, 2.75) is 70.5 Å². The lowest BCUT2D eigenvalue weighted by molar-refractivity contribution is -0.141. The van der Waals surface area contributed by atoms with Crippen LogP contribution in [0.3, 0.4) is 0 Å². The summed E-state index contributed by atoms with van der Waals surface area (Å²) in [7, 11) is 0. The smallest absolute Gasteiger partial charge is 0.242 e. The molecule has 0 aliphatic heterocycles. The van der Waals surface area contributed by atoms with Crippen LogP contribution in [0.4, 0.5) is 0 Å². The van der Waals surface area contributed by atoms with Gasteiger partial charge in [-0.05, 0) is 54.2 Å². The summed E-state index contributed by atoms with van der Waals surface area (Å²) in [5.74, 6) is -0.128. The van der Waals surface area contributed by atoms with E-state index >= 15 is 0 Å². The van der Waals surface area contributed by atoms with E-state index in [0.29, 0.717) is 24.4 Å². The van der Waals surface area contributed by atoms with Crippen molar-refractivity contribution >= 4 is 34.2 Å². The molecule has 3 aromatic rings. The number of nitrogens with one attached hydrogen (secondary N) is 1. The van der Waals surface area contributed by atoms with Crippen LogP contribution >= 0.6 is 11.6 Å². The van der Waals surface area contributed by atoms with Gasteiger partial charge in [-0.15, -0.1) is 0 Å². The van der Waals surface area contributed by atoms with E-state index in [9.17, 15) is 9.59 Å². The van der Waals surface area contributed by atoms with E-state index in [4.69, 9.17) is 11.6 Å². The summed E-state index contributed by atoms with van der Waals surface area (Å²) in [6.45, 7) is 2.14. The molecule has 1 N–H and O–H groups in total. The first-order valence-electron chi connectivity index (χ1n) is 12.3. The second-order valence-corrected chi connectivity index (χ2v) is 9.68. The highest BCUT2D eigenvalue weighted by Crippen LogP contribution is 2.23. The van der Waals surface area contributed by atoms with Gasteiger partial charge in [0.2, 0.25) is 11.8 Å². The number of benzene rings is 3. The zero-order valence-electron chi connectivity index (χ0n) is 19.8. The molecule has 4 rings (SSSR count). The van der Waals surface area contributed by atoms with E-state index in [1.165, 1.54) is 17.2 Å². The Bertz CT molecular complexity index is 1130. The Morgan fingerprint density at radius 2 is 1.62 bits per heavy atom. The number of carbonyl (C=O) groups is 2. The van der Waals surface area contributed by atoms with Crippen LogP contribution in [0, 0.1) is 0 Å². The first kappa shape index (κ1) is 24.3. The van der Waals surface area contributed by atoms with Crippen LogP contribution in [-0.2, 0) is 22.6 Å². The van der Waals surface area contributed by atoms with Gasteiger partial charge in [0.15, 0.2) is 0 Å². The van der Waals surface area contributed by atoms with Crippen molar-refractivity contribution in [3.05, 3.63) is 82.9 Å². The third-order valence-corrected chi connectivity index (χ3v) is 7.27. The van der Waals surface area contributed by atoms with Gasteiger partial charge >= 0.3 is 0 Å². The van der Waals surface area contributed by atoms with Gasteiger partial charge in [-0.25, -0.2) is 0 Å². The van der Waals surface area contributed by atoms with Gasteiger partial charge < -0.3 is 10.2 Å². The summed E-state index contributed by atoms with van der Waals surface area (Å²) >= 11 is 6.41. The Morgan fingerprint density at radius 1 is 0.941 bits per heavy atom. The van der Waals surface area contributed by atoms with Gasteiger partial charge in [0.05, 0.1) is 0 Å². The van der Waals surface area contributed by atoms with Crippen LogP contribution in [0.5, 0.6) is 0 Å². The largest absolute Gasteiger partial charge is 0.352 e. The van der Waals surface area contributed by atoms with Crippen LogP contribution in [0.15, 0.2) is 66.7 Å². The minimum atomic E-state index is -0.571. The lowest BCUT2D eigenvalue weighted by Gasteiger charge is -2.31. The summed E-state index contributed by atoms with van der Waals surface area (Å²) < 4.78 is 0. The van der Waals surface area contributed by atoms with Crippen LogP contribution in [0.2, 0.25) is 5.02 Å². The van der Waals surface area contributed by atoms with Crippen molar-refractivity contribution < 1.29 is 9.59 Å². The van der Waals surface area contributed by atoms with Crippen molar-refractivity contribution in [2.24, 2.45) is 0 Å². The number of nitrogens with zero attached hydrogens (tertiary/aromatic N) is 1. The normalized spacial score (nSPS) is 15.1. The second kappa shape index (κ2) is 11.5. The molecule has 1 atom stereocenters. The summed E-state index contributed by atoms with van der Waals surface area (Å²) in [6.07, 6.45) is 6.50. The number of halogens is 1. The molecule has 3 aromatic carbocycles. The molecule has 0 saturated heterocycles. The number of hydrogen-bond donors (Lipinski definition) is 1. The van der Waals surface area contributed by atoms with Crippen LogP contribution in [0.1, 0.15) is 56.6 Å². The number of amides is 2. The first-order chi connectivity index (χ1) is 16.5. The molecule has 178 valence electrons. The average molecular weight is 477 g/mol. The Labute approximate surface area is 207 Å². The number of fused-ring (bicyclic) bond motifs is 1. The van der Waals surface area contributed by atoms with Gasteiger partial charge in [0, 0.05) is 24.0 Å². The highest BCUT2D eigenvalue weighted by Gasteiger charge is 2.28. The minimum absolute atomic E-state index is 0.0425. The van der Waals surface area contributed by atoms with E-state index < -0.39 is 6.04 Å². The highest BCUT2D eigenvalue weighted by molar-refractivity contribution is 6.31. The SMILES string of the molecule is C[C@H](C(=O)NC1CCCCC1)N(Cc1ccccc1Cl)C(=O)CCc1cccc2ccccc12. The molecular weight excluding hydrogens is 444 g/mol. The molecule has 1 aliphatic rings. The summed E-state index contributed by atoms with van der Waals surface area (Å²) in [4.78, 5) is 28.3. The lowest BCUT2D eigenvalue weighted by Crippen LogP contribution is -2.50. The highest BCUT2D eigenvalue weighted by atomic mass is 35.5. The fourth-order valence-corrected chi connectivity index (χ4v) is 5.05. The maximum absolute atomic E-state index is 13.5. The zero-order chi connectivity index (χ0) is 23.9. The molecule has 5 heteroatoms. The third-order valence-electron chi connectivity index (χ3n) is 6.91. The zero-order valence-corrected chi connectivity index (χ0v) is 20.6. The van der Waals surface area contributed by atoms with E-state index in [1.54, 1.807) is 4.90 Å². The van der Waals surface area contributed by atoms with Crippen molar-refractivity contribution in [2.75, 3.05) is 0 Å². The maximum Gasteiger partial charge on any atom is 0.242 e. The molecule has 0 unspecified atom stereocenters. The number of carbonyl (C=O) groups excluding carboxylic acids is 2. The maximum atomic E-state index is 13.5. The summed E-state index contributed by atoms with van der Waals surface area (Å²) in [5.41, 5.74) is 1.99. The summed E-state index contributed by atoms with van der Waals surface area (Å²) in [5, 5.41) is 6.12. The molecule has 1 saturated carbocycles. The predicted octanol–water partition coefficient (Wildman–Crippen LogP) is 6.29. The standard InChI is InChI=1S/C29H33ClN2O2/c1-21(29(34)31-25-14-3-2-4-15-25)32(20-24-11-6-8-17-27(24)30)28(33)19-18-23-13-9-12-22-10-5-7-16-26(22)23/h5-13,16-17,21,25H,2-4,14-15,18-20H2,1H3,(H,31,34)/t21-/m1/s1. The molecular formula is C29H33ClN2O2. The van der Waals surface area contributed by atoms with E-state index in [2.05, 4.69) is 29.6 Å². The minimum Gasteiger partial charge on any atom is -0.352 e. The van der Waals surface area contributed by atoms with Gasteiger partial charge in [0.25, 0.3) is 0 Å². The first-order valence-corrected chi connectivity index (χ1v) is 12.7. The molecule has 4 nitrogen and oxygen atoms in total. The fraction of sp³-hybridized carbons (Fsp3) is 0.379. The fourth-order valence-electron chi connectivity index (χ4n) is 4.86. The molecule has 1 aliphatic carbocycles. The number of hydrogen-bond acceptors (Lipinski definition) is 2. The van der Waals surface area contributed by atoms with Crippen molar-refractivity contribution in [3.63, 3.8) is 0 Å². The monoisotopic (exact) mass is 476 g/mol. The molecule has 2 amide bonds. The quantitative estimate of drug-likeness (QED) is 0.415. The molecule has 1 fully saturated rings. The van der Waals surface area contributed by atoms with E-state index in [1.807, 2.05) is 49.4 Å². The predicted molar refractivity (Wildman–Crippen MR) is 139 cm³/mol. The van der Waals surface area contributed by atoms with Gasteiger partial charge in [0.1, 0.15) is 6.04 Å². The Hall–Kier alpha value is -2.85. The van der Waals surface area contributed by atoms with Crippen molar-refractivity contribution in [3.8, 4) is 0 Å². The second-order valence-electron chi connectivity index (χ2n) is 9.27. The third kappa shape index (κ3) is 5.98. The molecule has 0 bridgehead atoms. The van der Waals surface area contributed by atoms with Crippen molar-refractivity contribution in [1.29, 1.82) is 0 Å². The van der Waals surface area contributed by atoms with Gasteiger partial charge in [-0.2, -0.15) is 0 Å². The topological polar surface area (TPSA) is 49.4 Å². The van der Waals surface area contributed by atoms with Gasteiger partial charge in [-0.3, -0.25) is 9.59 Å². The Kier molecular flexibility index (Phi) is 8.23. The molecule has 0 aromatic heterocycles. The number of rotatable bonds is 8.